The molecule has 0 radical (unpaired) electrons. The zero-order chi connectivity index (χ0) is 26.2. The number of carbonyl (C=O) groups is 2. The van der Waals surface area contributed by atoms with E-state index in [2.05, 4.69) is 6.26 Å². The molecule has 1 amide bonds. The van der Waals surface area contributed by atoms with Crippen LogP contribution in [-0.2, 0) is 9.59 Å². The third kappa shape index (κ3) is 6.29. The van der Waals surface area contributed by atoms with E-state index in [9.17, 15) is 9.59 Å². The van der Waals surface area contributed by atoms with Gasteiger partial charge in [-0.2, -0.15) is 11.8 Å². The van der Waals surface area contributed by atoms with E-state index in [0.717, 1.165) is 47.3 Å². The Morgan fingerprint density at radius 3 is 2.61 bits per heavy atom. The molecule has 0 spiro atoms. The van der Waals surface area contributed by atoms with Crippen molar-refractivity contribution in [2.75, 3.05) is 31.3 Å². The van der Waals surface area contributed by atoms with Gasteiger partial charge >= 0.3 is 5.63 Å². The molecule has 0 aliphatic carbocycles. The van der Waals surface area contributed by atoms with Gasteiger partial charge in [0.1, 0.15) is 11.6 Å². The molecular formula is C28H34N2O5S. The molecule has 192 valence electrons. The molecular weight excluding hydrogens is 476 g/mol. The largest absolute Gasteiger partial charge is 0.483 e. The maximum atomic E-state index is 13.3. The van der Waals surface area contributed by atoms with Crippen LogP contribution in [0.2, 0.25) is 0 Å². The molecule has 2 unspecified atom stereocenters. The van der Waals surface area contributed by atoms with Crippen LogP contribution in [0.3, 0.4) is 0 Å². The van der Waals surface area contributed by atoms with Crippen molar-refractivity contribution in [2.24, 2.45) is 0 Å². The number of likely N-dealkylation sites (tertiary alicyclic amines) is 1. The van der Waals surface area contributed by atoms with E-state index >= 15 is 0 Å². The van der Waals surface area contributed by atoms with Gasteiger partial charge in [0.2, 0.25) is 5.91 Å². The van der Waals surface area contributed by atoms with Crippen LogP contribution in [0.25, 0.3) is 22.1 Å². The van der Waals surface area contributed by atoms with E-state index in [1.807, 2.05) is 84.9 Å². The summed E-state index contributed by atoms with van der Waals surface area (Å²) in [6, 6.07) is 15.1. The Hall–Kier alpha value is -3.26. The predicted octanol–water partition coefficient (Wildman–Crippen LogP) is 5.04. The zero-order valence-corrected chi connectivity index (χ0v) is 22.1. The average molecular weight is 511 g/mol. The first-order valence-electron chi connectivity index (χ1n) is 12.1. The third-order valence-corrected chi connectivity index (χ3v) is 7.83. The molecule has 2 aromatic carbocycles. The molecule has 1 fully saturated rings. The van der Waals surface area contributed by atoms with Crippen molar-refractivity contribution >= 4 is 40.8 Å². The van der Waals surface area contributed by atoms with E-state index in [1.54, 1.807) is 6.07 Å². The van der Waals surface area contributed by atoms with Gasteiger partial charge < -0.3 is 19.3 Å². The maximum absolute atomic E-state index is 13.3. The number of nitrogens with zero attached hydrogens (tertiary/aromatic N) is 2. The molecule has 1 saturated heterocycles. The van der Waals surface area contributed by atoms with Gasteiger partial charge in [0.15, 0.2) is 0 Å². The van der Waals surface area contributed by atoms with Crippen molar-refractivity contribution in [1.29, 1.82) is 0 Å². The van der Waals surface area contributed by atoms with Gasteiger partial charge in [-0.05, 0) is 56.2 Å². The second-order valence-electron chi connectivity index (χ2n) is 9.00. The van der Waals surface area contributed by atoms with Gasteiger partial charge in [0.25, 0.3) is 6.47 Å². The summed E-state index contributed by atoms with van der Waals surface area (Å²) in [6.07, 6.45) is 5.53. The maximum Gasteiger partial charge on any atom is 0.336 e. The molecule has 4 rings (SSSR count). The van der Waals surface area contributed by atoms with Gasteiger partial charge in [0, 0.05) is 54.2 Å². The van der Waals surface area contributed by atoms with E-state index in [-0.39, 0.29) is 24.0 Å². The molecule has 0 bridgehead atoms. The van der Waals surface area contributed by atoms with Crippen LogP contribution in [0.1, 0.15) is 31.7 Å². The zero-order valence-electron chi connectivity index (χ0n) is 21.3. The molecule has 7 nitrogen and oxygen atoms in total. The normalized spacial score (nSPS) is 16.4. The summed E-state index contributed by atoms with van der Waals surface area (Å²) >= 11 is 1.85. The lowest BCUT2D eigenvalue weighted by Gasteiger charge is -2.32. The van der Waals surface area contributed by atoms with Crippen molar-refractivity contribution < 1.29 is 19.1 Å². The summed E-state index contributed by atoms with van der Waals surface area (Å²) in [5, 5.41) is 8.28. The van der Waals surface area contributed by atoms with Crippen molar-refractivity contribution in [3.8, 4) is 11.1 Å². The number of thioether (sulfide) groups is 1. The Bertz CT molecular complexity index is 1260. The summed E-state index contributed by atoms with van der Waals surface area (Å²) in [5.41, 5.74) is 3.99. The molecule has 1 aliphatic rings. The Morgan fingerprint density at radius 1 is 1.19 bits per heavy atom. The summed E-state index contributed by atoms with van der Waals surface area (Å²) in [4.78, 5) is 38.0. The number of aryl methyl sites for hydroxylation is 1. The molecule has 1 N–H and O–H groups in total. The minimum Gasteiger partial charge on any atom is -0.483 e. The molecule has 2 atom stereocenters. The molecule has 8 heteroatoms. The van der Waals surface area contributed by atoms with Gasteiger partial charge in [-0.3, -0.25) is 9.59 Å². The highest BCUT2D eigenvalue weighted by molar-refractivity contribution is 7.99. The average Bonchev–Trinajstić information content (AvgIpc) is 3.13. The highest BCUT2D eigenvalue weighted by Crippen LogP contribution is 2.32. The van der Waals surface area contributed by atoms with Crippen molar-refractivity contribution in [3.05, 3.63) is 64.5 Å². The molecule has 3 aromatic rings. The van der Waals surface area contributed by atoms with Crippen molar-refractivity contribution in [1.82, 2.24) is 4.90 Å². The minimum atomic E-state index is -0.377. The van der Waals surface area contributed by atoms with Gasteiger partial charge in [-0.15, -0.1) is 0 Å². The number of benzene rings is 2. The number of rotatable bonds is 5. The lowest BCUT2D eigenvalue weighted by molar-refractivity contribution is -0.132. The SMILES string of the molecule is CSC1CCCCN(C(=O)C(C)N(C)c2ccc3c(-c4ccccc4C)cc(=O)oc3c2)C1.O=CO. The Labute approximate surface area is 216 Å². The summed E-state index contributed by atoms with van der Waals surface area (Å²) < 4.78 is 5.58. The van der Waals surface area contributed by atoms with Crippen LogP contribution in [0, 0.1) is 6.92 Å². The van der Waals surface area contributed by atoms with Crippen molar-refractivity contribution in [3.63, 3.8) is 0 Å². The lowest BCUT2D eigenvalue weighted by atomic mass is 9.98. The second kappa shape index (κ2) is 12.6. The Kier molecular flexibility index (Phi) is 9.58. The minimum absolute atomic E-state index is 0.147. The number of hydrogen-bond donors (Lipinski definition) is 1. The predicted molar refractivity (Wildman–Crippen MR) is 147 cm³/mol. The molecule has 2 heterocycles. The lowest BCUT2D eigenvalue weighted by Crippen LogP contribution is -2.47. The molecule has 36 heavy (non-hydrogen) atoms. The number of carbonyl (C=O) groups excluding carboxylic acids is 1. The number of carboxylic acid groups (broad SMARTS) is 1. The third-order valence-electron chi connectivity index (χ3n) is 6.78. The topological polar surface area (TPSA) is 91.1 Å². The van der Waals surface area contributed by atoms with E-state index in [1.165, 1.54) is 12.8 Å². The van der Waals surface area contributed by atoms with Gasteiger partial charge in [-0.1, -0.05) is 30.7 Å². The fraction of sp³-hybridized carbons (Fsp3) is 0.393. The first kappa shape index (κ1) is 27.3. The highest BCUT2D eigenvalue weighted by atomic mass is 32.2. The highest BCUT2D eigenvalue weighted by Gasteiger charge is 2.28. The van der Waals surface area contributed by atoms with Crippen LogP contribution in [-0.4, -0.2) is 60.1 Å². The van der Waals surface area contributed by atoms with Crippen LogP contribution >= 0.6 is 11.8 Å². The fourth-order valence-corrected chi connectivity index (χ4v) is 5.35. The van der Waals surface area contributed by atoms with Crippen LogP contribution < -0.4 is 10.5 Å². The van der Waals surface area contributed by atoms with E-state index in [4.69, 9.17) is 14.3 Å². The summed E-state index contributed by atoms with van der Waals surface area (Å²) in [7, 11) is 1.93. The fourth-order valence-electron chi connectivity index (χ4n) is 4.62. The second-order valence-corrected chi connectivity index (χ2v) is 10.1. The van der Waals surface area contributed by atoms with Crippen molar-refractivity contribution in [2.45, 2.75) is 44.4 Å². The number of likely N-dealkylation sites (N-methyl/N-ethyl adjacent to an activating group) is 1. The van der Waals surface area contributed by atoms with Crippen LogP contribution in [0.5, 0.6) is 0 Å². The Balaban J connectivity index is 0.00000115. The standard InChI is InChI=1S/C27H32N2O3S.CH2O2/c1-18-9-5-6-11-22(18)24-16-26(30)32-25-15-20(12-13-23(24)25)28(3)19(2)27(31)29-14-8-7-10-21(17-29)33-4;2-1-3/h5-6,9,11-13,15-16,19,21H,7-8,10,14,17H2,1-4H3;1H,(H,2,3). The van der Waals surface area contributed by atoms with Crippen LogP contribution in [0.15, 0.2) is 57.7 Å². The molecule has 1 aromatic heterocycles. The number of amides is 1. The number of fused-ring (bicyclic) bond motifs is 1. The monoisotopic (exact) mass is 510 g/mol. The van der Waals surface area contributed by atoms with E-state index in [0.29, 0.717) is 10.8 Å². The first-order chi connectivity index (χ1) is 17.3. The van der Waals surface area contributed by atoms with Gasteiger partial charge in [0.05, 0.1) is 0 Å². The molecule has 1 aliphatic heterocycles. The number of anilines is 1. The quantitative estimate of drug-likeness (QED) is 0.380. The Morgan fingerprint density at radius 2 is 1.92 bits per heavy atom. The van der Waals surface area contributed by atoms with Gasteiger partial charge in [-0.25, -0.2) is 4.79 Å². The first-order valence-corrected chi connectivity index (χ1v) is 13.4. The number of hydrogen-bond acceptors (Lipinski definition) is 6. The van der Waals surface area contributed by atoms with E-state index < -0.39 is 0 Å². The summed E-state index contributed by atoms with van der Waals surface area (Å²) in [5.74, 6) is 0.147. The smallest absolute Gasteiger partial charge is 0.336 e. The van der Waals surface area contributed by atoms with Crippen LogP contribution in [0.4, 0.5) is 5.69 Å². The molecule has 0 saturated carbocycles. The summed E-state index contributed by atoms with van der Waals surface area (Å²) in [6.45, 7) is 5.37.